The zero-order chi connectivity index (χ0) is 16.5. The number of hydrogen-bond donors (Lipinski definition) is 0. The first-order valence-electron chi connectivity index (χ1n) is 7.40. The number of esters is 1. The van der Waals surface area contributed by atoms with E-state index in [1.807, 2.05) is 6.92 Å². The van der Waals surface area contributed by atoms with Gasteiger partial charge in [-0.2, -0.15) is 0 Å². The number of carbonyl (C=O) groups excluding carboxylic acids is 1. The fourth-order valence-corrected chi connectivity index (χ4v) is 1.85. The van der Waals surface area contributed by atoms with Crippen LogP contribution in [-0.2, 0) is 22.7 Å². The molecule has 8 nitrogen and oxygen atoms in total. The van der Waals surface area contributed by atoms with Gasteiger partial charge in [-0.3, -0.25) is 4.79 Å². The first kappa shape index (κ1) is 16.7. The van der Waals surface area contributed by atoms with Gasteiger partial charge in [0.05, 0.1) is 20.1 Å². The van der Waals surface area contributed by atoms with Crippen molar-refractivity contribution in [2.75, 3.05) is 13.7 Å². The molecular formula is C15H20N4O4. The molecule has 2 rings (SSSR count). The van der Waals surface area contributed by atoms with Crippen molar-refractivity contribution < 1.29 is 19.0 Å². The zero-order valence-electron chi connectivity index (χ0n) is 13.3. The van der Waals surface area contributed by atoms with Crippen LogP contribution < -0.4 is 9.47 Å². The summed E-state index contributed by atoms with van der Waals surface area (Å²) in [6, 6.07) is 7.15. The summed E-state index contributed by atoms with van der Waals surface area (Å²) < 4.78 is 17.3. The highest BCUT2D eigenvalue weighted by Gasteiger charge is 2.09. The van der Waals surface area contributed by atoms with Gasteiger partial charge in [0.1, 0.15) is 11.5 Å². The third kappa shape index (κ3) is 5.24. The lowest BCUT2D eigenvalue weighted by Crippen LogP contribution is -2.13. The summed E-state index contributed by atoms with van der Waals surface area (Å²) in [5.74, 6) is 1.60. The predicted octanol–water partition coefficient (Wildman–Crippen LogP) is 1.60. The van der Waals surface area contributed by atoms with Gasteiger partial charge < -0.3 is 14.2 Å². The maximum atomic E-state index is 11.7. The SMILES string of the molecule is CCCn1nnnc1COC(=O)CCOc1ccc(OC)cc1. The van der Waals surface area contributed by atoms with Crippen LogP contribution >= 0.6 is 0 Å². The van der Waals surface area contributed by atoms with Crippen LogP contribution in [0.1, 0.15) is 25.6 Å². The summed E-state index contributed by atoms with van der Waals surface area (Å²) in [7, 11) is 1.60. The minimum Gasteiger partial charge on any atom is -0.497 e. The monoisotopic (exact) mass is 320 g/mol. The molecule has 1 aromatic heterocycles. The lowest BCUT2D eigenvalue weighted by atomic mass is 10.3. The van der Waals surface area contributed by atoms with Crippen LogP contribution in [-0.4, -0.2) is 39.9 Å². The lowest BCUT2D eigenvalue weighted by Gasteiger charge is -2.07. The molecule has 0 aliphatic heterocycles. The summed E-state index contributed by atoms with van der Waals surface area (Å²) in [5.41, 5.74) is 0. The summed E-state index contributed by atoms with van der Waals surface area (Å²) >= 11 is 0. The van der Waals surface area contributed by atoms with E-state index >= 15 is 0 Å². The van der Waals surface area contributed by atoms with Gasteiger partial charge in [0.15, 0.2) is 12.4 Å². The maximum Gasteiger partial charge on any atom is 0.309 e. The van der Waals surface area contributed by atoms with Crippen molar-refractivity contribution in [2.45, 2.75) is 32.9 Å². The highest BCUT2D eigenvalue weighted by atomic mass is 16.5. The molecule has 0 saturated carbocycles. The number of ether oxygens (including phenoxy) is 3. The second-order valence-corrected chi connectivity index (χ2v) is 4.75. The molecule has 0 atom stereocenters. The van der Waals surface area contributed by atoms with E-state index in [1.54, 1.807) is 36.1 Å². The largest absolute Gasteiger partial charge is 0.497 e. The minimum atomic E-state index is -0.357. The van der Waals surface area contributed by atoms with Crippen molar-refractivity contribution in [3.8, 4) is 11.5 Å². The highest BCUT2D eigenvalue weighted by Crippen LogP contribution is 2.17. The number of benzene rings is 1. The molecule has 0 unspecified atom stereocenters. The Bertz CT molecular complexity index is 612. The van der Waals surface area contributed by atoms with Gasteiger partial charge in [0.25, 0.3) is 0 Å². The van der Waals surface area contributed by atoms with Crippen molar-refractivity contribution >= 4 is 5.97 Å². The summed E-state index contributed by atoms with van der Waals surface area (Å²) in [6.45, 7) is 3.02. The van der Waals surface area contributed by atoms with Crippen molar-refractivity contribution in [1.82, 2.24) is 20.2 Å². The Hall–Kier alpha value is -2.64. The van der Waals surface area contributed by atoms with Crippen molar-refractivity contribution in [3.05, 3.63) is 30.1 Å². The second kappa shape index (κ2) is 8.72. The fourth-order valence-electron chi connectivity index (χ4n) is 1.85. The molecule has 124 valence electrons. The van der Waals surface area contributed by atoms with Gasteiger partial charge in [-0.25, -0.2) is 4.68 Å². The number of methoxy groups -OCH3 is 1. The van der Waals surface area contributed by atoms with Gasteiger partial charge in [0, 0.05) is 6.54 Å². The molecule has 2 aromatic rings. The summed E-state index contributed by atoms with van der Waals surface area (Å²) in [5, 5.41) is 11.2. The Balaban J connectivity index is 1.69. The molecule has 0 aliphatic carbocycles. The first-order valence-corrected chi connectivity index (χ1v) is 7.40. The smallest absolute Gasteiger partial charge is 0.309 e. The van der Waals surface area contributed by atoms with Gasteiger partial charge in [-0.1, -0.05) is 6.92 Å². The Morgan fingerprint density at radius 2 is 1.96 bits per heavy atom. The normalized spacial score (nSPS) is 10.3. The lowest BCUT2D eigenvalue weighted by molar-refractivity contribution is -0.145. The zero-order valence-corrected chi connectivity index (χ0v) is 13.3. The number of hydrogen-bond acceptors (Lipinski definition) is 7. The number of aromatic nitrogens is 4. The number of tetrazole rings is 1. The van der Waals surface area contributed by atoms with E-state index in [9.17, 15) is 4.79 Å². The van der Waals surface area contributed by atoms with E-state index < -0.39 is 0 Å². The fraction of sp³-hybridized carbons (Fsp3) is 0.467. The predicted molar refractivity (Wildman–Crippen MR) is 81.0 cm³/mol. The molecule has 1 aromatic carbocycles. The third-order valence-electron chi connectivity index (χ3n) is 3.04. The van der Waals surface area contributed by atoms with Gasteiger partial charge >= 0.3 is 5.97 Å². The Labute approximate surface area is 134 Å². The Kier molecular flexibility index (Phi) is 6.34. The molecule has 23 heavy (non-hydrogen) atoms. The molecule has 0 N–H and O–H groups in total. The average Bonchev–Trinajstić information content (AvgIpc) is 3.01. The molecule has 1 heterocycles. The van der Waals surface area contributed by atoms with E-state index in [0.29, 0.717) is 18.1 Å². The van der Waals surface area contributed by atoms with Crippen LogP contribution in [0, 0.1) is 0 Å². The van der Waals surface area contributed by atoms with E-state index in [0.717, 1.165) is 12.2 Å². The topological polar surface area (TPSA) is 88.4 Å². The number of aryl methyl sites for hydroxylation is 1. The summed E-state index contributed by atoms with van der Waals surface area (Å²) in [6.07, 6.45) is 1.06. The average molecular weight is 320 g/mol. The minimum absolute atomic E-state index is 0.0639. The van der Waals surface area contributed by atoms with Gasteiger partial charge in [-0.05, 0) is 41.1 Å². The second-order valence-electron chi connectivity index (χ2n) is 4.75. The molecule has 0 aliphatic rings. The molecule has 0 saturated heterocycles. The standard InChI is InChI=1S/C15H20N4O4/c1-3-9-19-14(16-17-18-19)11-23-15(20)8-10-22-13-6-4-12(21-2)5-7-13/h4-7H,3,8-11H2,1-2H3. The van der Waals surface area contributed by atoms with Crippen molar-refractivity contribution in [3.63, 3.8) is 0 Å². The van der Waals surface area contributed by atoms with Crippen molar-refractivity contribution in [1.29, 1.82) is 0 Å². The number of carbonyl (C=O) groups is 1. The highest BCUT2D eigenvalue weighted by molar-refractivity contribution is 5.69. The van der Waals surface area contributed by atoms with Crippen LogP contribution in [0.25, 0.3) is 0 Å². The summed E-state index contributed by atoms with van der Waals surface area (Å²) in [4.78, 5) is 11.7. The van der Waals surface area contributed by atoms with Crippen molar-refractivity contribution in [2.24, 2.45) is 0 Å². The quantitative estimate of drug-likeness (QED) is 0.648. The van der Waals surface area contributed by atoms with Crippen LogP contribution in [0.4, 0.5) is 0 Å². The molecule has 0 fully saturated rings. The third-order valence-corrected chi connectivity index (χ3v) is 3.04. The molecule has 0 amide bonds. The maximum absolute atomic E-state index is 11.7. The van der Waals surface area contributed by atoms with E-state index in [1.165, 1.54) is 0 Å². The van der Waals surface area contributed by atoms with Crippen LogP contribution in [0.15, 0.2) is 24.3 Å². The van der Waals surface area contributed by atoms with E-state index in [-0.39, 0.29) is 25.6 Å². The van der Waals surface area contributed by atoms with Crippen LogP contribution in [0.2, 0.25) is 0 Å². The van der Waals surface area contributed by atoms with Gasteiger partial charge in [-0.15, -0.1) is 5.10 Å². The van der Waals surface area contributed by atoms with E-state index in [4.69, 9.17) is 14.2 Å². The van der Waals surface area contributed by atoms with Crippen LogP contribution in [0.5, 0.6) is 11.5 Å². The Morgan fingerprint density at radius 1 is 1.22 bits per heavy atom. The molecule has 0 radical (unpaired) electrons. The van der Waals surface area contributed by atoms with E-state index in [2.05, 4.69) is 15.5 Å². The molecular weight excluding hydrogens is 300 g/mol. The van der Waals surface area contributed by atoms with Gasteiger partial charge in [0.2, 0.25) is 0 Å². The molecule has 0 spiro atoms. The number of nitrogens with zero attached hydrogens (tertiary/aromatic N) is 4. The Morgan fingerprint density at radius 3 is 2.65 bits per heavy atom. The van der Waals surface area contributed by atoms with Crippen LogP contribution in [0.3, 0.4) is 0 Å². The first-order chi connectivity index (χ1) is 11.2. The number of rotatable bonds is 9. The molecule has 8 heteroatoms. The molecule has 0 bridgehead atoms.